The number of ether oxygens (including phenoxy) is 1. The molecule has 0 fully saturated rings. The lowest BCUT2D eigenvalue weighted by Crippen LogP contribution is -2.58. The van der Waals surface area contributed by atoms with E-state index in [0.717, 1.165) is 36.2 Å². The zero-order valence-corrected chi connectivity index (χ0v) is 29.0. The number of rotatable bonds is 6. The summed E-state index contributed by atoms with van der Waals surface area (Å²) in [6.45, 7) is 24.2. The first kappa shape index (κ1) is 30.7. The molecule has 5 heteroatoms. The number of hydrogen-bond acceptors (Lipinski definition) is 2. The topological polar surface area (TPSA) is 29.0 Å². The third-order valence-electron chi connectivity index (χ3n) is 10.2. The summed E-state index contributed by atoms with van der Waals surface area (Å²) in [5, 5.41) is 4.76. The fourth-order valence-corrected chi connectivity index (χ4v) is 9.67. The number of allylic oxidation sites excluding steroid dienone is 3. The minimum absolute atomic E-state index is 0.106. The van der Waals surface area contributed by atoms with Gasteiger partial charge in [0, 0.05) is 22.9 Å². The van der Waals surface area contributed by atoms with Crippen LogP contribution in [-0.2, 0) is 17.6 Å². The van der Waals surface area contributed by atoms with Gasteiger partial charge in [0.15, 0.2) is 12.4 Å². The molecule has 2 aromatic heterocycles. The lowest BCUT2D eigenvalue weighted by atomic mass is 9.76. The van der Waals surface area contributed by atoms with Crippen LogP contribution in [0, 0.1) is 0 Å². The molecule has 3 aromatic rings. The first-order valence-electron chi connectivity index (χ1n) is 16.6. The molecular weight excluding hydrogens is 555 g/mol. The lowest BCUT2D eigenvalue weighted by molar-refractivity contribution is -0.729. The van der Waals surface area contributed by atoms with Crippen LogP contribution < -0.4 is 19.6 Å². The summed E-state index contributed by atoms with van der Waals surface area (Å²) in [6.07, 6.45) is 11.8. The highest BCUT2D eigenvalue weighted by Gasteiger charge is 2.49. The van der Waals surface area contributed by atoms with Crippen LogP contribution >= 0.6 is 0 Å². The molecule has 2 unspecified atom stereocenters. The third-order valence-corrected chi connectivity index (χ3v) is 12.2. The SMILES string of the molecule is C=C(OCNC)C1=C(C)CCC2c3ccccc3-c3c4c(c([Si](C)(C)C)c[n+]3C2C(=C)[n+]2ccc(C(C)C)cc21)CCCC4. The Balaban J connectivity index is 1.65. The van der Waals surface area contributed by atoms with Crippen molar-refractivity contribution in [1.29, 1.82) is 0 Å². The van der Waals surface area contributed by atoms with E-state index in [2.05, 4.69) is 110 Å². The minimum atomic E-state index is -1.62. The van der Waals surface area contributed by atoms with Crippen molar-refractivity contribution in [2.24, 2.45) is 0 Å². The van der Waals surface area contributed by atoms with E-state index in [-0.39, 0.29) is 6.04 Å². The molecule has 2 aliphatic heterocycles. The first-order valence-corrected chi connectivity index (χ1v) is 20.1. The van der Waals surface area contributed by atoms with Crippen molar-refractivity contribution in [2.45, 2.75) is 96.8 Å². The minimum Gasteiger partial charge on any atom is -0.478 e. The van der Waals surface area contributed by atoms with Gasteiger partial charge in [-0.05, 0) is 87.7 Å². The molecule has 3 aliphatic rings. The van der Waals surface area contributed by atoms with Crippen molar-refractivity contribution in [2.75, 3.05) is 13.8 Å². The van der Waals surface area contributed by atoms with E-state index in [1.807, 2.05) is 7.05 Å². The van der Waals surface area contributed by atoms with Crippen molar-refractivity contribution in [3.8, 4) is 11.3 Å². The highest BCUT2D eigenvalue weighted by atomic mass is 28.3. The highest BCUT2D eigenvalue weighted by Crippen LogP contribution is 2.47. The second kappa shape index (κ2) is 11.9. The lowest BCUT2D eigenvalue weighted by Gasteiger charge is -2.34. The third kappa shape index (κ3) is 5.22. The molecule has 1 N–H and O–H groups in total. The summed E-state index contributed by atoms with van der Waals surface area (Å²) in [5.74, 6) is 1.43. The maximum absolute atomic E-state index is 6.17. The van der Waals surface area contributed by atoms with Gasteiger partial charge in [-0.1, -0.05) is 63.8 Å². The van der Waals surface area contributed by atoms with Gasteiger partial charge < -0.3 is 4.74 Å². The van der Waals surface area contributed by atoms with Crippen LogP contribution in [0.4, 0.5) is 0 Å². The molecule has 0 amide bonds. The quantitative estimate of drug-likeness (QED) is 0.136. The van der Waals surface area contributed by atoms with Gasteiger partial charge in [0.05, 0.1) is 25.1 Å². The number of nitrogens with zero attached hydrogens (tertiary/aromatic N) is 2. The van der Waals surface area contributed by atoms with Gasteiger partial charge in [-0.25, -0.2) is 0 Å². The molecule has 0 saturated heterocycles. The Morgan fingerprint density at radius 2 is 1.80 bits per heavy atom. The Morgan fingerprint density at radius 3 is 2.50 bits per heavy atom. The molecule has 44 heavy (non-hydrogen) atoms. The van der Waals surface area contributed by atoms with Crippen LogP contribution in [0.5, 0.6) is 0 Å². The van der Waals surface area contributed by atoms with Crippen LogP contribution in [0.15, 0.2) is 73.3 Å². The van der Waals surface area contributed by atoms with Gasteiger partial charge in [0.25, 0.3) is 0 Å². The van der Waals surface area contributed by atoms with Gasteiger partial charge >= 0.3 is 0 Å². The average molecular weight is 606 g/mol. The number of fused-ring (bicyclic) bond motifs is 9. The van der Waals surface area contributed by atoms with Crippen LogP contribution in [0.25, 0.3) is 22.5 Å². The second-order valence-electron chi connectivity index (χ2n) is 14.5. The van der Waals surface area contributed by atoms with Gasteiger partial charge in [-0.2, -0.15) is 9.13 Å². The van der Waals surface area contributed by atoms with Crippen LogP contribution in [0.3, 0.4) is 0 Å². The summed E-state index contributed by atoms with van der Waals surface area (Å²) < 4.78 is 11.2. The second-order valence-corrected chi connectivity index (χ2v) is 19.5. The zero-order chi connectivity index (χ0) is 31.3. The Kier molecular flexibility index (Phi) is 8.31. The highest BCUT2D eigenvalue weighted by molar-refractivity contribution is 6.89. The standard InChI is InChI=1S/C39H51N3OSi/c1-25(2)29-20-21-41-27(4)38-34(19-18-26(3)37(35(41)22-29)28(5)43-24-40-6)30-14-10-12-16-32(30)39-33-17-13-11-15-31(33)36(23-42(38)39)44(7,8)9/h10,12,14,16,20-23,25,34,38,40H,4-5,11,13,15,17-19,24H2,1-3,6-9H3/q+2. The molecule has 1 aromatic carbocycles. The number of pyridine rings is 2. The molecule has 4 nitrogen and oxygen atoms in total. The molecule has 0 bridgehead atoms. The van der Waals surface area contributed by atoms with Crippen LogP contribution in [0.2, 0.25) is 19.6 Å². The number of aromatic nitrogens is 2. The van der Waals surface area contributed by atoms with Gasteiger partial charge in [-0.15, -0.1) is 0 Å². The van der Waals surface area contributed by atoms with E-state index < -0.39 is 8.07 Å². The van der Waals surface area contributed by atoms with Crippen molar-refractivity contribution >= 4 is 24.5 Å². The van der Waals surface area contributed by atoms with Gasteiger partial charge in [-0.3, -0.25) is 5.32 Å². The summed E-state index contributed by atoms with van der Waals surface area (Å²) in [5.41, 5.74) is 13.5. The molecule has 0 spiro atoms. The van der Waals surface area contributed by atoms with Crippen LogP contribution in [-0.4, -0.2) is 21.9 Å². The van der Waals surface area contributed by atoms with Crippen LogP contribution in [0.1, 0.15) is 92.3 Å². The molecule has 0 saturated carbocycles. The number of nitrogens with one attached hydrogen (secondary N) is 1. The summed E-state index contributed by atoms with van der Waals surface area (Å²) in [4.78, 5) is 0. The predicted octanol–water partition coefficient (Wildman–Crippen LogP) is 7.56. The fourth-order valence-electron chi connectivity index (χ4n) is 7.96. The van der Waals surface area contributed by atoms with E-state index in [1.165, 1.54) is 47.2 Å². The smallest absolute Gasteiger partial charge is 0.249 e. The largest absolute Gasteiger partial charge is 0.478 e. The summed E-state index contributed by atoms with van der Waals surface area (Å²) in [6, 6.07) is 14.0. The molecule has 0 radical (unpaired) electrons. The zero-order valence-electron chi connectivity index (χ0n) is 28.0. The molecule has 6 rings (SSSR count). The van der Waals surface area contributed by atoms with E-state index in [4.69, 9.17) is 11.3 Å². The van der Waals surface area contributed by atoms with E-state index in [0.29, 0.717) is 24.3 Å². The van der Waals surface area contributed by atoms with Crippen molar-refractivity contribution in [1.82, 2.24) is 5.32 Å². The number of benzene rings is 1. The van der Waals surface area contributed by atoms with Crippen molar-refractivity contribution in [3.63, 3.8) is 0 Å². The molecule has 230 valence electrons. The predicted molar refractivity (Wildman–Crippen MR) is 186 cm³/mol. The first-order chi connectivity index (χ1) is 21.0. The Hall–Kier alpha value is -3.28. The normalized spacial score (nSPS) is 19.6. The van der Waals surface area contributed by atoms with E-state index >= 15 is 0 Å². The van der Waals surface area contributed by atoms with Crippen molar-refractivity contribution in [3.05, 3.63) is 101 Å². The van der Waals surface area contributed by atoms with Crippen molar-refractivity contribution < 1.29 is 13.9 Å². The fraction of sp³-hybridized carbons (Fsp3) is 0.436. The molecule has 1 aliphatic carbocycles. The monoisotopic (exact) mass is 605 g/mol. The van der Waals surface area contributed by atoms with Gasteiger partial charge in [0.1, 0.15) is 12.5 Å². The Bertz CT molecular complexity index is 1680. The summed E-state index contributed by atoms with van der Waals surface area (Å²) in [7, 11) is 0.290. The Morgan fingerprint density at radius 1 is 1.07 bits per heavy atom. The molecular formula is C39H51N3OSi+2. The van der Waals surface area contributed by atoms with Gasteiger partial charge in [0.2, 0.25) is 23.1 Å². The summed E-state index contributed by atoms with van der Waals surface area (Å²) >= 11 is 0. The number of hydrogen-bond donors (Lipinski definition) is 1. The molecule has 4 heterocycles. The molecule has 2 atom stereocenters. The van der Waals surface area contributed by atoms with E-state index in [1.54, 1.807) is 16.3 Å². The Labute approximate surface area is 266 Å². The average Bonchev–Trinajstić information content (AvgIpc) is 3.05. The maximum atomic E-state index is 6.17. The van der Waals surface area contributed by atoms with E-state index in [9.17, 15) is 0 Å². The maximum Gasteiger partial charge on any atom is 0.249 e.